The number of nitrogens with one attached hydrogen (secondary N) is 2. The Labute approximate surface area is 208 Å². The van der Waals surface area contributed by atoms with Crippen molar-refractivity contribution in [1.82, 2.24) is 10.2 Å². The van der Waals surface area contributed by atoms with Gasteiger partial charge in [0.1, 0.15) is 5.54 Å². The molecule has 1 spiro atoms. The number of carbonyl (C=O) groups excluding carboxylic acids is 3. The Bertz CT molecular complexity index is 1330. The number of amides is 3. The van der Waals surface area contributed by atoms with E-state index in [4.69, 9.17) is 11.6 Å². The third-order valence-corrected chi connectivity index (χ3v) is 7.87. The number of halogens is 1. The second-order valence-corrected chi connectivity index (χ2v) is 9.84. The normalized spacial score (nSPS) is 26.8. The van der Waals surface area contributed by atoms with Gasteiger partial charge < -0.3 is 5.32 Å². The molecule has 0 aliphatic carbocycles. The predicted octanol–water partition coefficient (Wildman–Crippen LogP) is 3.55. The van der Waals surface area contributed by atoms with Crippen LogP contribution in [0.25, 0.3) is 0 Å². The first kappa shape index (κ1) is 22.0. The summed E-state index contributed by atoms with van der Waals surface area (Å²) >= 11 is 6.41. The van der Waals surface area contributed by atoms with Crippen LogP contribution >= 0.6 is 11.6 Å². The first-order valence-corrected chi connectivity index (χ1v) is 12.2. The summed E-state index contributed by atoms with van der Waals surface area (Å²) in [6.07, 6.45) is 1.09. The first-order valence-electron chi connectivity index (χ1n) is 11.8. The number of hydrogen-bond donors (Lipinski definition) is 2. The molecule has 3 aromatic carbocycles. The number of carbonyl (C=O) groups is 3. The maximum Gasteiger partial charge on any atom is 0.250 e. The molecular weight excluding hydrogens is 462 g/mol. The van der Waals surface area contributed by atoms with Crippen molar-refractivity contribution in [2.75, 3.05) is 11.9 Å². The van der Waals surface area contributed by atoms with Crippen LogP contribution in [-0.2, 0) is 32.8 Å². The summed E-state index contributed by atoms with van der Waals surface area (Å²) in [7, 11) is 0. The lowest BCUT2D eigenvalue weighted by Gasteiger charge is -2.29. The lowest BCUT2D eigenvalue weighted by atomic mass is 9.76. The molecule has 0 unspecified atom stereocenters. The van der Waals surface area contributed by atoms with Crippen LogP contribution in [0.3, 0.4) is 0 Å². The number of para-hydroxylation sites is 1. The van der Waals surface area contributed by atoms with Gasteiger partial charge in [-0.05, 0) is 30.0 Å². The summed E-state index contributed by atoms with van der Waals surface area (Å²) in [5.41, 5.74) is 1.89. The topological polar surface area (TPSA) is 78.5 Å². The third-order valence-electron chi connectivity index (χ3n) is 7.56. The van der Waals surface area contributed by atoms with Gasteiger partial charge in [-0.1, -0.05) is 84.4 Å². The van der Waals surface area contributed by atoms with E-state index in [2.05, 4.69) is 10.6 Å². The molecule has 0 aromatic heterocycles. The minimum atomic E-state index is -1.33. The second kappa shape index (κ2) is 8.33. The molecule has 0 bridgehead atoms. The zero-order chi connectivity index (χ0) is 24.2. The van der Waals surface area contributed by atoms with Gasteiger partial charge in [-0.3, -0.25) is 24.6 Å². The van der Waals surface area contributed by atoms with E-state index in [1.54, 1.807) is 12.1 Å². The van der Waals surface area contributed by atoms with E-state index >= 15 is 0 Å². The number of likely N-dealkylation sites (tertiary alicyclic amines) is 1. The molecule has 3 amide bonds. The van der Waals surface area contributed by atoms with Crippen LogP contribution in [-0.4, -0.2) is 35.2 Å². The van der Waals surface area contributed by atoms with Crippen molar-refractivity contribution in [3.63, 3.8) is 0 Å². The molecular formula is C28H24ClN3O3. The van der Waals surface area contributed by atoms with Gasteiger partial charge in [0.2, 0.25) is 17.7 Å². The van der Waals surface area contributed by atoms with E-state index in [0.29, 0.717) is 29.1 Å². The largest absolute Gasteiger partial charge is 0.323 e. The van der Waals surface area contributed by atoms with Gasteiger partial charge in [0.25, 0.3) is 0 Å². The lowest BCUT2D eigenvalue weighted by molar-refractivity contribution is -0.142. The Balaban J connectivity index is 1.41. The highest BCUT2D eigenvalue weighted by Crippen LogP contribution is 2.54. The average molecular weight is 486 g/mol. The zero-order valence-electron chi connectivity index (χ0n) is 18.9. The van der Waals surface area contributed by atoms with E-state index < -0.39 is 17.4 Å². The third kappa shape index (κ3) is 3.32. The van der Waals surface area contributed by atoms with Crippen molar-refractivity contribution >= 4 is 35.0 Å². The Hall–Kier alpha value is -3.48. The van der Waals surface area contributed by atoms with E-state index in [1.807, 2.05) is 66.7 Å². The highest BCUT2D eigenvalue weighted by molar-refractivity contribution is 6.35. The Morgan fingerprint density at radius 2 is 1.51 bits per heavy atom. The van der Waals surface area contributed by atoms with E-state index in [1.165, 1.54) is 4.90 Å². The fourth-order valence-corrected chi connectivity index (χ4v) is 6.22. The molecule has 4 atom stereocenters. The lowest BCUT2D eigenvalue weighted by Crippen LogP contribution is -2.53. The fourth-order valence-electron chi connectivity index (χ4n) is 6.00. The van der Waals surface area contributed by atoms with E-state index in [0.717, 1.165) is 11.1 Å². The summed E-state index contributed by atoms with van der Waals surface area (Å²) in [6, 6.07) is 24.5. The molecule has 3 aliphatic heterocycles. The SMILES string of the molecule is O=C1[C@@H]2[C@H](Cc3ccccc3)N[C@]3(C(=O)Nc4c(Cl)cccc43)[C@@H]2C(=O)N1CCc1ccccc1. The standard InChI is InChI=1S/C28H24ClN3O3/c29-20-13-7-12-19-24(20)30-27(35)28(19)23-22(21(31-28)16-18-10-5-2-6-11-18)25(33)32(26(23)34)15-14-17-8-3-1-4-9-17/h1-13,21-23,31H,14-16H2,(H,30,35)/t21-,22+,23-,28-/m0/s1. The summed E-state index contributed by atoms with van der Waals surface area (Å²) in [6.45, 7) is 0.285. The quantitative estimate of drug-likeness (QED) is 0.542. The van der Waals surface area contributed by atoms with E-state index in [9.17, 15) is 14.4 Å². The Morgan fingerprint density at radius 3 is 2.23 bits per heavy atom. The molecule has 2 fully saturated rings. The number of benzene rings is 3. The molecule has 2 saturated heterocycles. The molecule has 3 heterocycles. The van der Waals surface area contributed by atoms with Gasteiger partial charge in [0.05, 0.1) is 22.5 Å². The number of fused-ring (bicyclic) bond motifs is 4. The van der Waals surface area contributed by atoms with Crippen molar-refractivity contribution in [2.45, 2.75) is 24.4 Å². The summed E-state index contributed by atoms with van der Waals surface area (Å²) in [5.74, 6) is -2.34. The summed E-state index contributed by atoms with van der Waals surface area (Å²) in [5, 5.41) is 6.77. The zero-order valence-corrected chi connectivity index (χ0v) is 19.7. The molecule has 0 saturated carbocycles. The van der Waals surface area contributed by atoms with Crippen LogP contribution in [0.5, 0.6) is 0 Å². The minimum absolute atomic E-state index is 0.218. The number of nitrogens with zero attached hydrogens (tertiary/aromatic N) is 1. The van der Waals surface area contributed by atoms with Crippen molar-refractivity contribution in [2.24, 2.45) is 11.8 Å². The molecule has 3 aromatic rings. The maximum absolute atomic E-state index is 13.9. The second-order valence-electron chi connectivity index (χ2n) is 9.43. The minimum Gasteiger partial charge on any atom is -0.323 e. The molecule has 3 aliphatic rings. The van der Waals surface area contributed by atoms with Gasteiger partial charge in [0, 0.05) is 18.2 Å². The van der Waals surface area contributed by atoms with Gasteiger partial charge in [-0.2, -0.15) is 0 Å². The van der Waals surface area contributed by atoms with Gasteiger partial charge >= 0.3 is 0 Å². The van der Waals surface area contributed by atoms with Gasteiger partial charge in [0.15, 0.2) is 0 Å². The summed E-state index contributed by atoms with van der Waals surface area (Å²) in [4.78, 5) is 42.6. The average Bonchev–Trinajstić information content (AvgIpc) is 3.45. The van der Waals surface area contributed by atoms with Crippen molar-refractivity contribution in [3.8, 4) is 0 Å². The fraction of sp³-hybridized carbons (Fsp3) is 0.250. The first-order chi connectivity index (χ1) is 17.0. The molecule has 2 N–H and O–H groups in total. The van der Waals surface area contributed by atoms with Crippen LogP contribution in [0, 0.1) is 11.8 Å². The van der Waals surface area contributed by atoms with Crippen molar-refractivity contribution in [1.29, 1.82) is 0 Å². The summed E-state index contributed by atoms with van der Waals surface area (Å²) < 4.78 is 0. The van der Waals surface area contributed by atoms with Gasteiger partial charge in [-0.25, -0.2) is 0 Å². The monoisotopic (exact) mass is 485 g/mol. The van der Waals surface area contributed by atoms with Crippen LogP contribution in [0.4, 0.5) is 5.69 Å². The molecule has 35 heavy (non-hydrogen) atoms. The Kier molecular flexibility index (Phi) is 5.24. The number of rotatable bonds is 5. The molecule has 0 radical (unpaired) electrons. The molecule has 7 heteroatoms. The number of hydrogen-bond acceptors (Lipinski definition) is 4. The number of anilines is 1. The molecule has 176 valence electrons. The van der Waals surface area contributed by atoms with Crippen molar-refractivity contribution < 1.29 is 14.4 Å². The van der Waals surface area contributed by atoms with E-state index in [-0.39, 0.29) is 30.3 Å². The molecule has 6 rings (SSSR count). The highest BCUT2D eigenvalue weighted by Gasteiger charge is 2.70. The molecule has 6 nitrogen and oxygen atoms in total. The van der Waals surface area contributed by atoms with Crippen molar-refractivity contribution in [3.05, 3.63) is 101 Å². The van der Waals surface area contributed by atoms with Crippen LogP contribution in [0.2, 0.25) is 5.02 Å². The highest BCUT2D eigenvalue weighted by atomic mass is 35.5. The predicted molar refractivity (Wildman–Crippen MR) is 133 cm³/mol. The van der Waals surface area contributed by atoms with Crippen LogP contribution < -0.4 is 10.6 Å². The van der Waals surface area contributed by atoms with Gasteiger partial charge in [-0.15, -0.1) is 0 Å². The smallest absolute Gasteiger partial charge is 0.250 e. The maximum atomic E-state index is 13.9. The number of imide groups is 1. The van der Waals surface area contributed by atoms with Crippen LogP contribution in [0.15, 0.2) is 78.9 Å². The van der Waals surface area contributed by atoms with Crippen LogP contribution in [0.1, 0.15) is 16.7 Å². The Morgan fingerprint density at radius 1 is 0.829 bits per heavy atom.